The van der Waals surface area contributed by atoms with Crippen molar-refractivity contribution in [2.45, 2.75) is 20.3 Å². The maximum atomic E-state index is 14.2. The fourth-order valence-electron chi connectivity index (χ4n) is 2.62. The maximum Gasteiger partial charge on any atom is 0.127 e. The molecule has 0 saturated heterocycles. The molecule has 0 saturated carbocycles. The summed E-state index contributed by atoms with van der Waals surface area (Å²) < 4.78 is 16.0. The molecule has 0 radical (unpaired) electrons. The van der Waals surface area contributed by atoms with Gasteiger partial charge in [-0.2, -0.15) is 5.10 Å². The summed E-state index contributed by atoms with van der Waals surface area (Å²) in [5.74, 6) is -0.161. The van der Waals surface area contributed by atoms with Crippen LogP contribution in [0.2, 0.25) is 0 Å². The van der Waals surface area contributed by atoms with E-state index in [4.69, 9.17) is 0 Å². The molecule has 1 heterocycles. The van der Waals surface area contributed by atoms with E-state index in [2.05, 4.69) is 25.0 Å². The minimum Gasteiger partial charge on any atom is -0.276 e. The Morgan fingerprint density at radius 2 is 1.80 bits per heavy atom. The van der Waals surface area contributed by atoms with Crippen molar-refractivity contribution >= 4 is 10.8 Å². The van der Waals surface area contributed by atoms with E-state index in [-0.39, 0.29) is 5.82 Å². The van der Waals surface area contributed by atoms with E-state index in [1.165, 1.54) is 11.1 Å². The lowest BCUT2D eigenvalue weighted by Gasteiger charge is -2.11. The van der Waals surface area contributed by atoms with Crippen LogP contribution < -0.4 is 0 Å². The van der Waals surface area contributed by atoms with E-state index in [1.54, 1.807) is 10.7 Å². The van der Waals surface area contributed by atoms with Crippen LogP contribution in [0, 0.1) is 19.7 Å². The van der Waals surface area contributed by atoms with Crippen molar-refractivity contribution in [1.82, 2.24) is 9.78 Å². The highest BCUT2D eigenvalue weighted by atomic mass is 19.1. The molecule has 0 spiro atoms. The van der Waals surface area contributed by atoms with Gasteiger partial charge in [-0.15, -0.1) is 0 Å². The molecule has 0 N–H and O–H groups in total. The summed E-state index contributed by atoms with van der Waals surface area (Å²) in [7, 11) is 1.87. The highest BCUT2D eigenvalue weighted by Gasteiger charge is 2.11. The van der Waals surface area contributed by atoms with Gasteiger partial charge in [-0.1, -0.05) is 18.2 Å². The van der Waals surface area contributed by atoms with Crippen LogP contribution in [0.25, 0.3) is 10.8 Å². The maximum absolute atomic E-state index is 14.2. The third-order valence-electron chi connectivity index (χ3n) is 3.92. The van der Waals surface area contributed by atoms with Crippen molar-refractivity contribution in [3.63, 3.8) is 0 Å². The molecule has 3 rings (SSSR count). The first-order chi connectivity index (χ1) is 9.56. The normalized spacial score (nSPS) is 11.2. The monoisotopic (exact) mass is 268 g/mol. The van der Waals surface area contributed by atoms with E-state index in [9.17, 15) is 4.39 Å². The van der Waals surface area contributed by atoms with Crippen molar-refractivity contribution in [3.8, 4) is 0 Å². The van der Waals surface area contributed by atoms with Crippen LogP contribution in [-0.2, 0) is 13.5 Å². The molecule has 2 nitrogen and oxygen atoms in total. The Bertz CT molecular complexity index is 787. The van der Waals surface area contributed by atoms with E-state index < -0.39 is 0 Å². The largest absolute Gasteiger partial charge is 0.276 e. The summed E-state index contributed by atoms with van der Waals surface area (Å²) >= 11 is 0. The van der Waals surface area contributed by atoms with Crippen LogP contribution >= 0.6 is 0 Å². The third kappa shape index (κ3) is 2.09. The zero-order valence-corrected chi connectivity index (χ0v) is 11.9. The number of benzene rings is 2. The molecule has 20 heavy (non-hydrogen) atoms. The Morgan fingerprint density at radius 1 is 1.05 bits per heavy atom. The standard InChI is InChI=1S/C17H17FN2/c1-11-4-5-15-14(12(11)2)6-7-17(18)16(15)10-13-8-9-20(3)19-13/h4-9H,10H2,1-3H3. The Kier molecular flexibility index (Phi) is 3.05. The van der Waals surface area contributed by atoms with Gasteiger partial charge in [0.1, 0.15) is 5.82 Å². The molecule has 102 valence electrons. The van der Waals surface area contributed by atoms with E-state index in [1.807, 2.05) is 31.4 Å². The molecule has 1 aromatic heterocycles. The number of aryl methyl sites for hydroxylation is 3. The number of hydrogen-bond donors (Lipinski definition) is 0. The van der Waals surface area contributed by atoms with Gasteiger partial charge in [-0.25, -0.2) is 4.39 Å². The van der Waals surface area contributed by atoms with Gasteiger partial charge in [0.05, 0.1) is 5.69 Å². The van der Waals surface area contributed by atoms with Crippen LogP contribution in [0.4, 0.5) is 4.39 Å². The van der Waals surface area contributed by atoms with E-state index in [0.29, 0.717) is 6.42 Å². The summed E-state index contributed by atoms with van der Waals surface area (Å²) in [4.78, 5) is 0. The van der Waals surface area contributed by atoms with Crippen molar-refractivity contribution in [1.29, 1.82) is 0 Å². The van der Waals surface area contributed by atoms with Crippen molar-refractivity contribution in [3.05, 3.63) is 64.7 Å². The molecule has 0 aliphatic carbocycles. The molecular weight excluding hydrogens is 251 g/mol. The molecule has 0 aliphatic rings. The highest BCUT2D eigenvalue weighted by Crippen LogP contribution is 2.28. The summed E-state index contributed by atoms with van der Waals surface area (Å²) in [6.07, 6.45) is 2.40. The molecule has 0 unspecified atom stereocenters. The molecule has 0 atom stereocenters. The van der Waals surface area contributed by atoms with Crippen LogP contribution in [0.5, 0.6) is 0 Å². The number of rotatable bonds is 2. The average Bonchev–Trinajstić information content (AvgIpc) is 2.83. The zero-order chi connectivity index (χ0) is 14.3. The fourth-order valence-corrected chi connectivity index (χ4v) is 2.62. The zero-order valence-electron chi connectivity index (χ0n) is 11.9. The van der Waals surface area contributed by atoms with Gasteiger partial charge in [0, 0.05) is 25.2 Å². The summed E-state index contributed by atoms with van der Waals surface area (Å²) in [6, 6.07) is 9.43. The van der Waals surface area contributed by atoms with Crippen LogP contribution in [0.1, 0.15) is 22.4 Å². The minimum absolute atomic E-state index is 0.161. The van der Waals surface area contributed by atoms with Gasteiger partial charge in [0.25, 0.3) is 0 Å². The molecule has 0 fully saturated rings. The lowest BCUT2D eigenvalue weighted by atomic mass is 9.95. The highest BCUT2D eigenvalue weighted by molar-refractivity contribution is 5.89. The van der Waals surface area contributed by atoms with Gasteiger partial charge in [-0.3, -0.25) is 4.68 Å². The first-order valence-electron chi connectivity index (χ1n) is 6.72. The topological polar surface area (TPSA) is 17.8 Å². The van der Waals surface area contributed by atoms with Gasteiger partial charge >= 0.3 is 0 Å². The number of aromatic nitrogens is 2. The fraction of sp³-hybridized carbons (Fsp3) is 0.235. The number of hydrogen-bond acceptors (Lipinski definition) is 1. The van der Waals surface area contributed by atoms with Crippen molar-refractivity contribution < 1.29 is 4.39 Å². The van der Waals surface area contributed by atoms with Crippen molar-refractivity contribution in [2.24, 2.45) is 7.05 Å². The molecule has 2 aromatic carbocycles. The van der Waals surface area contributed by atoms with Gasteiger partial charge in [0.15, 0.2) is 0 Å². The first-order valence-corrected chi connectivity index (χ1v) is 6.72. The molecule has 3 heteroatoms. The Labute approximate surface area is 117 Å². The van der Waals surface area contributed by atoms with Crippen molar-refractivity contribution in [2.75, 3.05) is 0 Å². The van der Waals surface area contributed by atoms with Crippen LogP contribution in [-0.4, -0.2) is 9.78 Å². The number of halogens is 1. The Hall–Kier alpha value is -2.16. The lowest BCUT2D eigenvalue weighted by molar-refractivity contribution is 0.615. The summed E-state index contributed by atoms with van der Waals surface area (Å²) in [5, 5.41) is 6.45. The minimum atomic E-state index is -0.161. The predicted octanol–water partition coefficient (Wildman–Crippen LogP) is 3.92. The average molecular weight is 268 g/mol. The Balaban J connectivity index is 2.18. The molecule has 0 amide bonds. The molecule has 0 bridgehead atoms. The quantitative estimate of drug-likeness (QED) is 0.689. The predicted molar refractivity (Wildman–Crippen MR) is 79.4 cm³/mol. The second-order valence-electron chi connectivity index (χ2n) is 5.29. The van der Waals surface area contributed by atoms with Gasteiger partial charge in [0.2, 0.25) is 0 Å². The lowest BCUT2D eigenvalue weighted by Crippen LogP contribution is -1.98. The smallest absolute Gasteiger partial charge is 0.127 e. The summed E-state index contributed by atoms with van der Waals surface area (Å²) in [5.41, 5.74) is 4.05. The van der Waals surface area contributed by atoms with Gasteiger partial charge < -0.3 is 0 Å². The SMILES string of the molecule is Cc1ccc2c(Cc3ccn(C)n3)c(F)ccc2c1C. The summed E-state index contributed by atoms with van der Waals surface area (Å²) in [6.45, 7) is 4.16. The molecule has 3 aromatic rings. The van der Waals surface area contributed by atoms with Crippen LogP contribution in [0.3, 0.4) is 0 Å². The first kappa shape index (κ1) is 12.9. The molecular formula is C17H17FN2. The number of nitrogens with zero attached hydrogens (tertiary/aromatic N) is 2. The Morgan fingerprint density at radius 3 is 2.50 bits per heavy atom. The van der Waals surface area contributed by atoms with Gasteiger partial charge in [-0.05, 0) is 47.9 Å². The second-order valence-corrected chi connectivity index (χ2v) is 5.29. The number of fused-ring (bicyclic) bond motifs is 1. The second kappa shape index (κ2) is 4.75. The van der Waals surface area contributed by atoms with E-state index in [0.717, 1.165) is 22.0 Å². The van der Waals surface area contributed by atoms with Crippen LogP contribution in [0.15, 0.2) is 36.5 Å². The third-order valence-corrected chi connectivity index (χ3v) is 3.92. The van der Waals surface area contributed by atoms with E-state index >= 15 is 0 Å². The molecule has 0 aliphatic heterocycles.